The first kappa shape index (κ1) is 12.5. The number of rotatable bonds is 2. The number of ether oxygens (including phenoxy) is 1. The number of nitrogens with zero attached hydrogens (tertiary/aromatic N) is 1. The predicted molar refractivity (Wildman–Crippen MR) is 55.8 cm³/mol. The highest BCUT2D eigenvalue weighted by atomic mass is 16.5. The largest absolute Gasteiger partial charge is 0.465 e. The Balaban J connectivity index is 2.65. The normalized spacial score (nSPS) is 20.5. The molecule has 0 radical (unpaired) electrons. The van der Waals surface area contributed by atoms with Gasteiger partial charge in [0.25, 0.3) is 0 Å². The van der Waals surface area contributed by atoms with Crippen molar-refractivity contribution in [2.75, 3.05) is 26.7 Å². The van der Waals surface area contributed by atoms with Crippen molar-refractivity contribution >= 4 is 17.8 Å². The van der Waals surface area contributed by atoms with Crippen LogP contribution in [0.5, 0.6) is 0 Å². The fourth-order valence-electron chi connectivity index (χ4n) is 1.62. The van der Waals surface area contributed by atoms with Gasteiger partial charge >= 0.3 is 12.0 Å². The summed E-state index contributed by atoms with van der Waals surface area (Å²) in [5.41, 5.74) is 0. The molecule has 1 fully saturated rings. The zero-order valence-corrected chi connectivity index (χ0v) is 9.49. The van der Waals surface area contributed by atoms with Gasteiger partial charge in [-0.1, -0.05) is 0 Å². The van der Waals surface area contributed by atoms with Crippen molar-refractivity contribution in [3.05, 3.63) is 0 Å². The van der Waals surface area contributed by atoms with Crippen LogP contribution in [0, 0.1) is 5.92 Å². The van der Waals surface area contributed by atoms with Crippen molar-refractivity contribution in [2.45, 2.75) is 13.3 Å². The standard InChI is InChI=1S/C10H16N2O4/c1-3-16-9(14)7-6-12(10(15)11-2)5-4-8(7)13/h7H,3-6H2,1-2H3,(H,11,15). The highest BCUT2D eigenvalue weighted by Crippen LogP contribution is 2.14. The van der Waals surface area contributed by atoms with Gasteiger partial charge in [-0.25, -0.2) is 4.79 Å². The monoisotopic (exact) mass is 228 g/mol. The number of carbonyl (C=O) groups excluding carboxylic acids is 3. The number of Topliss-reactive ketones (excluding diaryl/α,β-unsaturated/α-hetero) is 1. The highest BCUT2D eigenvalue weighted by Gasteiger charge is 2.35. The molecule has 1 aliphatic rings. The molecule has 1 N–H and O–H groups in total. The summed E-state index contributed by atoms with van der Waals surface area (Å²) in [6, 6.07) is -0.276. The Morgan fingerprint density at radius 2 is 2.25 bits per heavy atom. The van der Waals surface area contributed by atoms with Gasteiger partial charge in [0.1, 0.15) is 5.92 Å². The van der Waals surface area contributed by atoms with Crippen LogP contribution in [0.15, 0.2) is 0 Å². The van der Waals surface area contributed by atoms with Crippen LogP contribution in [0.1, 0.15) is 13.3 Å². The molecule has 0 aromatic carbocycles. The van der Waals surface area contributed by atoms with Gasteiger partial charge in [-0.05, 0) is 6.92 Å². The second kappa shape index (κ2) is 5.48. The molecule has 6 heteroatoms. The average molecular weight is 228 g/mol. The van der Waals surface area contributed by atoms with Crippen LogP contribution in [0.25, 0.3) is 0 Å². The average Bonchev–Trinajstić information content (AvgIpc) is 2.29. The lowest BCUT2D eigenvalue weighted by Crippen LogP contribution is -2.49. The summed E-state index contributed by atoms with van der Waals surface area (Å²) >= 11 is 0. The van der Waals surface area contributed by atoms with Crippen LogP contribution >= 0.6 is 0 Å². The van der Waals surface area contributed by atoms with Crippen LogP contribution in [-0.2, 0) is 14.3 Å². The second-order valence-corrected chi connectivity index (χ2v) is 3.52. The SMILES string of the molecule is CCOC(=O)C1CN(C(=O)NC)CCC1=O. The van der Waals surface area contributed by atoms with E-state index in [9.17, 15) is 14.4 Å². The van der Waals surface area contributed by atoms with Gasteiger partial charge in [0.2, 0.25) is 0 Å². The smallest absolute Gasteiger partial charge is 0.318 e. The Labute approximate surface area is 93.9 Å². The molecule has 16 heavy (non-hydrogen) atoms. The van der Waals surface area contributed by atoms with Gasteiger partial charge < -0.3 is 15.0 Å². The van der Waals surface area contributed by atoms with Crippen molar-refractivity contribution in [3.8, 4) is 0 Å². The number of likely N-dealkylation sites (tertiary alicyclic amines) is 1. The third kappa shape index (κ3) is 2.71. The van der Waals surface area contributed by atoms with E-state index in [1.54, 1.807) is 6.92 Å². The topological polar surface area (TPSA) is 75.7 Å². The third-order valence-corrected chi connectivity index (χ3v) is 2.49. The minimum atomic E-state index is -0.828. The quantitative estimate of drug-likeness (QED) is 0.523. The number of ketones is 1. The maximum atomic E-state index is 11.5. The minimum absolute atomic E-state index is 0.108. The third-order valence-electron chi connectivity index (χ3n) is 2.49. The number of esters is 1. The number of urea groups is 1. The Bertz CT molecular complexity index is 303. The lowest BCUT2D eigenvalue weighted by molar-refractivity contribution is -0.153. The Morgan fingerprint density at radius 3 is 2.81 bits per heavy atom. The molecule has 0 aromatic rings. The second-order valence-electron chi connectivity index (χ2n) is 3.52. The zero-order valence-electron chi connectivity index (χ0n) is 9.49. The van der Waals surface area contributed by atoms with E-state index in [4.69, 9.17) is 4.74 Å². The van der Waals surface area contributed by atoms with Gasteiger partial charge in [-0.2, -0.15) is 0 Å². The van der Waals surface area contributed by atoms with E-state index in [1.165, 1.54) is 11.9 Å². The van der Waals surface area contributed by atoms with E-state index >= 15 is 0 Å². The molecule has 1 unspecified atom stereocenters. The fraction of sp³-hybridized carbons (Fsp3) is 0.700. The lowest BCUT2D eigenvalue weighted by Gasteiger charge is -2.30. The summed E-state index contributed by atoms with van der Waals surface area (Å²) in [7, 11) is 1.51. The van der Waals surface area contributed by atoms with E-state index in [2.05, 4.69) is 5.32 Å². The van der Waals surface area contributed by atoms with Crippen molar-refractivity contribution in [3.63, 3.8) is 0 Å². The van der Waals surface area contributed by atoms with Crippen LogP contribution in [0.4, 0.5) is 4.79 Å². The molecular formula is C10H16N2O4. The van der Waals surface area contributed by atoms with E-state index in [0.717, 1.165) is 0 Å². The van der Waals surface area contributed by atoms with Gasteiger partial charge in [-0.15, -0.1) is 0 Å². The molecule has 0 bridgehead atoms. The zero-order chi connectivity index (χ0) is 12.1. The van der Waals surface area contributed by atoms with Crippen LogP contribution in [0.2, 0.25) is 0 Å². The van der Waals surface area contributed by atoms with E-state index in [0.29, 0.717) is 6.54 Å². The Hall–Kier alpha value is -1.59. The molecular weight excluding hydrogens is 212 g/mol. The molecule has 0 saturated carbocycles. The number of hydrogen-bond acceptors (Lipinski definition) is 4. The summed E-state index contributed by atoms with van der Waals surface area (Å²) in [4.78, 5) is 35.8. The summed E-state index contributed by atoms with van der Waals surface area (Å²) < 4.78 is 4.80. The molecule has 1 rings (SSSR count). The Morgan fingerprint density at radius 1 is 1.56 bits per heavy atom. The fourth-order valence-corrected chi connectivity index (χ4v) is 1.62. The van der Waals surface area contributed by atoms with Gasteiger partial charge in [-0.3, -0.25) is 9.59 Å². The van der Waals surface area contributed by atoms with Gasteiger partial charge in [0.15, 0.2) is 5.78 Å². The first-order chi connectivity index (χ1) is 7.60. The summed E-state index contributed by atoms with van der Waals surface area (Å²) in [6.45, 7) is 2.38. The first-order valence-electron chi connectivity index (χ1n) is 5.26. The van der Waals surface area contributed by atoms with Gasteiger partial charge in [0, 0.05) is 26.6 Å². The number of nitrogens with one attached hydrogen (secondary N) is 1. The maximum Gasteiger partial charge on any atom is 0.318 e. The number of amides is 2. The molecule has 2 amide bonds. The lowest BCUT2D eigenvalue weighted by atomic mass is 9.97. The van der Waals surface area contributed by atoms with Crippen molar-refractivity contribution in [2.24, 2.45) is 5.92 Å². The molecule has 90 valence electrons. The number of hydrogen-bond donors (Lipinski definition) is 1. The van der Waals surface area contributed by atoms with Crippen molar-refractivity contribution < 1.29 is 19.1 Å². The van der Waals surface area contributed by atoms with E-state index in [1.807, 2.05) is 0 Å². The molecule has 1 aliphatic heterocycles. The van der Waals surface area contributed by atoms with Crippen LogP contribution in [-0.4, -0.2) is 49.4 Å². The minimum Gasteiger partial charge on any atom is -0.465 e. The van der Waals surface area contributed by atoms with Crippen molar-refractivity contribution in [1.29, 1.82) is 0 Å². The number of piperidine rings is 1. The molecule has 0 spiro atoms. The van der Waals surface area contributed by atoms with Crippen molar-refractivity contribution in [1.82, 2.24) is 10.2 Å². The summed E-state index contributed by atoms with van der Waals surface area (Å²) in [5.74, 6) is -1.52. The molecule has 1 atom stereocenters. The summed E-state index contributed by atoms with van der Waals surface area (Å²) in [6.07, 6.45) is 0.205. The number of carbonyl (C=O) groups is 3. The van der Waals surface area contributed by atoms with E-state index in [-0.39, 0.29) is 31.4 Å². The molecule has 0 aliphatic carbocycles. The molecule has 1 heterocycles. The van der Waals surface area contributed by atoms with Crippen LogP contribution < -0.4 is 5.32 Å². The molecule has 1 saturated heterocycles. The summed E-state index contributed by atoms with van der Waals surface area (Å²) in [5, 5.41) is 2.46. The van der Waals surface area contributed by atoms with E-state index < -0.39 is 11.9 Å². The molecule has 6 nitrogen and oxygen atoms in total. The van der Waals surface area contributed by atoms with Crippen LogP contribution in [0.3, 0.4) is 0 Å². The van der Waals surface area contributed by atoms with Gasteiger partial charge in [0.05, 0.1) is 6.61 Å². The maximum absolute atomic E-state index is 11.5. The Kier molecular flexibility index (Phi) is 4.28. The first-order valence-corrected chi connectivity index (χ1v) is 5.26. The highest BCUT2D eigenvalue weighted by molar-refractivity contribution is 6.00. The predicted octanol–water partition coefficient (Wildman–Crippen LogP) is -0.220. The molecule has 0 aromatic heterocycles.